The van der Waals surface area contributed by atoms with Crippen LogP contribution in [0.5, 0.6) is 5.75 Å². The number of hydrogen-bond acceptors (Lipinski definition) is 2. The highest BCUT2D eigenvalue weighted by atomic mass is 35.5. The van der Waals surface area contributed by atoms with E-state index in [1.54, 1.807) is 24.3 Å². The molecule has 96 valence electrons. The molecular weight excluding hydrogens is 283 g/mol. The summed E-state index contributed by atoms with van der Waals surface area (Å²) in [6, 6.07) is 14.1. The van der Waals surface area contributed by atoms with Crippen molar-refractivity contribution in [2.24, 2.45) is 0 Å². The number of halogens is 2. The van der Waals surface area contributed by atoms with Crippen molar-refractivity contribution in [1.29, 1.82) is 0 Å². The molecule has 0 bridgehead atoms. The molecule has 0 radical (unpaired) electrons. The fraction of sp³-hybridized carbons (Fsp3) is 0.0667. The lowest BCUT2D eigenvalue weighted by Gasteiger charge is -2.04. The number of ether oxygens (including phenoxy) is 1. The van der Waals surface area contributed by atoms with E-state index in [-0.39, 0.29) is 5.82 Å². The van der Waals surface area contributed by atoms with Crippen LogP contribution in [0.25, 0.3) is 10.1 Å². The Morgan fingerprint density at radius 1 is 1.11 bits per heavy atom. The standard InChI is InChI=1S/C15H10ClFOS/c16-11-2-1-3-13(7-11)18-9-14-6-10-4-5-12(17)8-15(10)19-14/h1-8H,9H2. The molecule has 0 fully saturated rings. The predicted octanol–water partition coefficient (Wildman–Crippen LogP) is 5.27. The molecule has 19 heavy (non-hydrogen) atoms. The van der Waals surface area contributed by atoms with Crippen molar-refractivity contribution in [2.45, 2.75) is 6.61 Å². The topological polar surface area (TPSA) is 9.23 Å². The van der Waals surface area contributed by atoms with Crippen LogP contribution in [-0.4, -0.2) is 0 Å². The highest BCUT2D eigenvalue weighted by molar-refractivity contribution is 7.19. The number of hydrogen-bond donors (Lipinski definition) is 0. The van der Waals surface area contributed by atoms with Gasteiger partial charge in [-0.15, -0.1) is 11.3 Å². The number of rotatable bonds is 3. The summed E-state index contributed by atoms with van der Waals surface area (Å²) in [6.07, 6.45) is 0. The molecule has 0 saturated carbocycles. The van der Waals surface area contributed by atoms with E-state index < -0.39 is 0 Å². The zero-order valence-corrected chi connectivity index (χ0v) is 11.5. The molecule has 2 aromatic carbocycles. The molecule has 0 aliphatic rings. The molecule has 1 nitrogen and oxygen atoms in total. The van der Waals surface area contributed by atoms with Gasteiger partial charge in [-0.3, -0.25) is 0 Å². The first-order chi connectivity index (χ1) is 9.20. The minimum atomic E-state index is -0.211. The lowest BCUT2D eigenvalue weighted by atomic mass is 10.2. The highest BCUT2D eigenvalue weighted by Gasteiger charge is 2.04. The summed E-state index contributed by atoms with van der Waals surface area (Å²) in [4.78, 5) is 1.06. The Kier molecular flexibility index (Phi) is 3.40. The Hall–Kier alpha value is -1.58. The van der Waals surface area contributed by atoms with E-state index in [9.17, 15) is 4.39 Å². The van der Waals surface area contributed by atoms with Crippen molar-refractivity contribution in [3.05, 3.63) is 64.2 Å². The summed E-state index contributed by atoms with van der Waals surface area (Å²) in [5, 5.41) is 1.69. The average Bonchev–Trinajstić information content (AvgIpc) is 2.78. The zero-order chi connectivity index (χ0) is 13.2. The van der Waals surface area contributed by atoms with E-state index >= 15 is 0 Å². The van der Waals surface area contributed by atoms with Crippen LogP contribution in [0.15, 0.2) is 48.5 Å². The Morgan fingerprint density at radius 2 is 2.00 bits per heavy atom. The van der Waals surface area contributed by atoms with Gasteiger partial charge < -0.3 is 4.74 Å². The van der Waals surface area contributed by atoms with Crippen LogP contribution in [-0.2, 0) is 6.61 Å². The van der Waals surface area contributed by atoms with E-state index in [1.807, 2.05) is 18.2 Å². The third-order valence-corrected chi connectivity index (χ3v) is 4.02. The third-order valence-electron chi connectivity index (χ3n) is 2.71. The summed E-state index contributed by atoms with van der Waals surface area (Å²) in [6.45, 7) is 0.460. The van der Waals surface area contributed by atoms with Crippen molar-refractivity contribution < 1.29 is 9.13 Å². The van der Waals surface area contributed by atoms with Gasteiger partial charge >= 0.3 is 0 Å². The SMILES string of the molecule is Fc1ccc2cc(COc3cccc(Cl)c3)sc2c1. The second-order valence-electron chi connectivity index (χ2n) is 4.14. The summed E-state index contributed by atoms with van der Waals surface area (Å²) < 4.78 is 19.7. The molecule has 0 spiro atoms. The Morgan fingerprint density at radius 3 is 2.84 bits per heavy atom. The molecule has 4 heteroatoms. The quantitative estimate of drug-likeness (QED) is 0.639. The monoisotopic (exact) mass is 292 g/mol. The molecule has 1 heterocycles. The summed E-state index contributed by atoms with van der Waals surface area (Å²) in [7, 11) is 0. The van der Waals surface area contributed by atoms with Crippen LogP contribution in [0.3, 0.4) is 0 Å². The summed E-state index contributed by atoms with van der Waals surface area (Å²) in [5.41, 5.74) is 0. The van der Waals surface area contributed by atoms with Gasteiger partial charge in [0.2, 0.25) is 0 Å². The lowest BCUT2D eigenvalue weighted by Crippen LogP contribution is -1.92. The lowest BCUT2D eigenvalue weighted by molar-refractivity contribution is 0.310. The maximum Gasteiger partial charge on any atom is 0.124 e. The van der Waals surface area contributed by atoms with Gasteiger partial charge in [0.25, 0.3) is 0 Å². The molecule has 1 aromatic heterocycles. The first-order valence-corrected chi connectivity index (χ1v) is 6.96. The van der Waals surface area contributed by atoms with Crippen molar-refractivity contribution in [1.82, 2.24) is 0 Å². The first-order valence-electron chi connectivity index (χ1n) is 5.77. The van der Waals surface area contributed by atoms with Crippen LogP contribution >= 0.6 is 22.9 Å². The van der Waals surface area contributed by atoms with Crippen LogP contribution in [0.4, 0.5) is 4.39 Å². The Balaban J connectivity index is 1.78. The van der Waals surface area contributed by atoms with Crippen molar-refractivity contribution in [3.63, 3.8) is 0 Å². The number of fused-ring (bicyclic) bond motifs is 1. The van der Waals surface area contributed by atoms with Gasteiger partial charge in [0.05, 0.1) is 0 Å². The van der Waals surface area contributed by atoms with Crippen LogP contribution in [0.1, 0.15) is 4.88 Å². The molecule has 0 unspecified atom stereocenters. The van der Waals surface area contributed by atoms with Crippen molar-refractivity contribution in [3.8, 4) is 5.75 Å². The van der Waals surface area contributed by atoms with E-state index in [0.29, 0.717) is 11.6 Å². The molecule has 0 aliphatic carbocycles. The van der Waals surface area contributed by atoms with Gasteiger partial charge in [-0.25, -0.2) is 4.39 Å². The van der Waals surface area contributed by atoms with Crippen molar-refractivity contribution in [2.75, 3.05) is 0 Å². The van der Waals surface area contributed by atoms with Gasteiger partial charge in [-0.05, 0) is 41.8 Å². The largest absolute Gasteiger partial charge is 0.488 e. The van der Waals surface area contributed by atoms with E-state index in [0.717, 1.165) is 20.7 Å². The normalized spacial score (nSPS) is 10.8. The fourth-order valence-corrected chi connectivity index (χ4v) is 3.03. The van der Waals surface area contributed by atoms with E-state index in [1.165, 1.54) is 17.4 Å². The van der Waals surface area contributed by atoms with E-state index in [4.69, 9.17) is 16.3 Å². The van der Waals surface area contributed by atoms with Gasteiger partial charge in [0.1, 0.15) is 18.2 Å². The number of benzene rings is 2. The number of thiophene rings is 1. The Labute approximate surface area is 119 Å². The maximum absolute atomic E-state index is 13.1. The molecule has 3 aromatic rings. The molecule has 3 rings (SSSR count). The Bertz CT molecular complexity index is 723. The van der Waals surface area contributed by atoms with Crippen LogP contribution < -0.4 is 4.74 Å². The van der Waals surface area contributed by atoms with E-state index in [2.05, 4.69) is 0 Å². The fourth-order valence-electron chi connectivity index (χ4n) is 1.84. The van der Waals surface area contributed by atoms with Gasteiger partial charge in [-0.2, -0.15) is 0 Å². The van der Waals surface area contributed by atoms with Gasteiger partial charge in [0.15, 0.2) is 0 Å². The second-order valence-corrected chi connectivity index (χ2v) is 5.75. The maximum atomic E-state index is 13.1. The minimum Gasteiger partial charge on any atom is -0.488 e. The molecule has 0 amide bonds. The molecule has 0 saturated heterocycles. The molecule has 0 aliphatic heterocycles. The zero-order valence-electron chi connectivity index (χ0n) is 9.90. The molecule has 0 N–H and O–H groups in total. The second kappa shape index (κ2) is 5.19. The van der Waals surface area contributed by atoms with Crippen molar-refractivity contribution >= 4 is 33.0 Å². The molecule has 0 atom stereocenters. The minimum absolute atomic E-state index is 0.211. The first kappa shape index (κ1) is 12.5. The van der Waals surface area contributed by atoms with Crippen LogP contribution in [0, 0.1) is 5.82 Å². The molecular formula is C15H10ClFOS. The summed E-state index contributed by atoms with van der Waals surface area (Å²) >= 11 is 7.43. The highest BCUT2D eigenvalue weighted by Crippen LogP contribution is 2.27. The summed E-state index contributed by atoms with van der Waals surface area (Å²) in [5.74, 6) is 0.521. The van der Waals surface area contributed by atoms with Gasteiger partial charge in [-0.1, -0.05) is 23.7 Å². The van der Waals surface area contributed by atoms with Gasteiger partial charge in [0, 0.05) is 14.6 Å². The predicted molar refractivity (Wildman–Crippen MR) is 77.6 cm³/mol. The smallest absolute Gasteiger partial charge is 0.124 e. The van der Waals surface area contributed by atoms with Crippen LogP contribution in [0.2, 0.25) is 5.02 Å². The average molecular weight is 293 g/mol. The third kappa shape index (κ3) is 2.88.